The summed E-state index contributed by atoms with van der Waals surface area (Å²) >= 11 is 0. The van der Waals surface area contributed by atoms with Crippen molar-refractivity contribution in [3.8, 4) is 0 Å². The Kier molecular flexibility index (Phi) is 5.08. The third kappa shape index (κ3) is 4.70. The monoisotopic (exact) mass is 292 g/mol. The van der Waals surface area contributed by atoms with E-state index in [4.69, 9.17) is 0 Å². The average Bonchev–Trinajstić information content (AvgIpc) is 2.61. The number of hydrogen-bond acceptors (Lipinski definition) is 4. The van der Waals surface area contributed by atoms with Crippen LogP contribution in [-0.4, -0.2) is 39.8 Å². The van der Waals surface area contributed by atoms with Gasteiger partial charge < -0.3 is 15.2 Å². The average molecular weight is 292 g/mol. The number of nitrogens with zero attached hydrogens (tertiary/aromatic N) is 2. The van der Waals surface area contributed by atoms with Crippen molar-refractivity contribution in [2.75, 3.05) is 13.1 Å². The van der Waals surface area contributed by atoms with E-state index in [9.17, 15) is 14.4 Å². The number of carbonyl (C=O) groups excluding carboxylic acids is 2. The number of carbonyl (C=O) groups is 2. The molecule has 21 heavy (non-hydrogen) atoms. The van der Waals surface area contributed by atoms with Crippen LogP contribution in [0, 0.1) is 6.92 Å². The zero-order chi connectivity index (χ0) is 15.2. The molecule has 7 heteroatoms. The van der Waals surface area contributed by atoms with Gasteiger partial charge >= 0.3 is 0 Å². The second-order valence-electron chi connectivity index (χ2n) is 5.24. The van der Waals surface area contributed by atoms with Gasteiger partial charge in [0.05, 0.1) is 13.1 Å². The van der Waals surface area contributed by atoms with Crippen LogP contribution in [0.3, 0.4) is 0 Å². The third-order valence-corrected chi connectivity index (χ3v) is 3.38. The van der Waals surface area contributed by atoms with E-state index in [-0.39, 0.29) is 30.5 Å². The summed E-state index contributed by atoms with van der Waals surface area (Å²) < 4.78 is 0. The summed E-state index contributed by atoms with van der Waals surface area (Å²) in [6, 6.07) is 1.39. The summed E-state index contributed by atoms with van der Waals surface area (Å²) in [5.74, 6) is 0.203. The maximum atomic E-state index is 11.9. The largest absolute Gasteiger partial charge is 0.347 e. The summed E-state index contributed by atoms with van der Waals surface area (Å²) in [4.78, 5) is 43.3. The van der Waals surface area contributed by atoms with Gasteiger partial charge in [-0.1, -0.05) is 6.42 Å². The fourth-order valence-electron chi connectivity index (χ4n) is 2.34. The van der Waals surface area contributed by atoms with Crippen molar-refractivity contribution in [1.82, 2.24) is 20.2 Å². The summed E-state index contributed by atoms with van der Waals surface area (Å²) in [5.41, 5.74) is 0.361. The van der Waals surface area contributed by atoms with Crippen molar-refractivity contribution in [2.24, 2.45) is 0 Å². The number of aromatic nitrogens is 2. The van der Waals surface area contributed by atoms with E-state index in [1.165, 1.54) is 6.07 Å². The number of nitrogens with one attached hydrogen (secondary N) is 2. The zero-order valence-electron chi connectivity index (χ0n) is 12.1. The van der Waals surface area contributed by atoms with E-state index in [1.54, 1.807) is 11.8 Å². The predicted molar refractivity (Wildman–Crippen MR) is 76.5 cm³/mol. The van der Waals surface area contributed by atoms with Crippen LogP contribution >= 0.6 is 0 Å². The van der Waals surface area contributed by atoms with E-state index in [0.29, 0.717) is 24.5 Å². The minimum absolute atomic E-state index is 0.0322. The van der Waals surface area contributed by atoms with Crippen molar-refractivity contribution in [3.63, 3.8) is 0 Å². The highest BCUT2D eigenvalue weighted by atomic mass is 16.2. The molecule has 0 spiro atoms. The standard InChI is InChI=1S/C14H20N4O3/c1-10-7-12(19)17-11(16-10)8-15-13(20)9-18-6-4-2-3-5-14(18)21/h7H,2-6,8-9H2,1H3,(H,15,20)(H,16,17,19). The zero-order valence-corrected chi connectivity index (χ0v) is 12.1. The first-order valence-corrected chi connectivity index (χ1v) is 7.16. The molecule has 1 fully saturated rings. The minimum atomic E-state index is -0.241. The highest BCUT2D eigenvalue weighted by molar-refractivity contribution is 5.84. The first-order chi connectivity index (χ1) is 10.0. The summed E-state index contributed by atoms with van der Waals surface area (Å²) in [7, 11) is 0. The van der Waals surface area contributed by atoms with Crippen LogP contribution in [-0.2, 0) is 16.1 Å². The number of likely N-dealkylation sites (tertiary alicyclic amines) is 1. The number of H-pyrrole nitrogens is 1. The van der Waals surface area contributed by atoms with Gasteiger partial charge in [-0.3, -0.25) is 14.4 Å². The Balaban J connectivity index is 1.86. The van der Waals surface area contributed by atoms with Crippen molar-refractivity contribution in [2.45, 2.75) is 39.2 Å². The van der Waals surface area contributed by atoms with E-state index in [0.717, 1.165) is 19.3 Å². The van der Waals surface area contributed by atoms with Crippen LogP contribution in [0.2, 0.25) is 0 Å². The van der Waals surface area contributed by atoms with Gasteiger partial charge in [0.2, 0.25) is 11.8 Å². The van der Waals surface area contributed by atoms with Gasteiger partial charge in [-0.05, 0) is 19.8 Å². The minimum Gasteiger partial charge on any atom is -0.347 e. The molecule has 0 saturated carbocycles. The molecule has 7 nitrogen and oxygen atoms in total. The van der Waals surface area contributed by atoms with Crippen LogP contribution in [0.4, 0.5) is 0 Å². The van der Waals surface area contributed by atoms with Crippen LogP contribution < -0.4 is 10.9 Å². The Labute approximate surface area is 122 Å². The third-order valence-electron chi connectivity index (χ3n) is 3.38. The molecule has 2 N–H and O–H groups in total. The smallest absolute Gasteiger partial charge is 0.251 e. The van der Waals surface area contributed by atoms with Gasteiger partial charge in [0.1, 0.15) is 5.82 Å². The molecule has 0 atom stereocenters. The first-order valence-electron chi connectivity index (χ1n) is 7.16. The lowest BCUT2D eigenvalue weighted by Crippen LogP contribution is -2.40. The summed E-state index contributed by atoms with van der Waals surface area (Å²) in [6.45, 7) is 2.56. The molecule has 1 aromatic heterocycles. The molecule has 2 heterocycles. The first kappa shape index (κ1) is 15.2. The fourth-order valence-corrected chi connectivity index (χ4v) is 2.34. The van der Waals surface area contributed by atoms with E-state index in [2.05, 4.69) is 15.3 Å². The van der Waals surface area contributed by atoms with Crippen molar-refractivity contribution < 1.29 is 9.59 Å². The van der Waals surface area contributed by atoms with E-state index >= 15 is 0 Å². The Hall–Kier alpha value is -2.18. The summed E-state index contributed by atoms with van der Waals surface area (Å²) in [6.07, 6.45) is 3.37. The lowest BCUT2D eigenvalue weighted by molar-refractivity contribution is -0.135. The molecule has 1 aliphatic rings. The van der Waals surface area contributed by atoms with Gasteiger partial charge in [0, 0.05) is 24.7 Å². The Morgan fingerprint density at radius 2 is 2.19 bits per heavy atom. The normalized spacial score (nSPS) is 15.7. The Morgan fingerprint density at radius 3 is 2.95 bits per heavy atom. The number of amides is 2. The molecule has 2 rings (SSSR count). The van der Waals surface area contributed by atoms with Crippen LogP contribution in [0.25, 0.3) is 0 Å². The molecule has 0 radical (unpaired) electrons. The van der Waals surface area contributed by atoms with Crippen LogP contribution in [0.1, 0.15) is 37.2 Å². The van der Waals surface area contributed by atoms with Crippen molar-refractivity contribution in [3.05, 3.63) is 27.9 Å². The molecule has 114 valence electrons. The van der Waals surface area contributed by atoms with Crippen LogP contribution in [0.15, 0.2) is 10.9 Å². The topological polar surface area (TPSA) is 95.2 Å². The van der Waals surface area contributed by atoms with Crippen LogP contribution in [0.5, 0.6) is 0 Å². The molecule has 1 aliphatic heterocycles. The number of rotatable bonds is 4. The molecule has 1 saturated heterocycles. The van der Waals surface area contributed by atoms with Crippen molar-refractivity contribution >= 4 is 11.8 Å². The fraction of sp³-hybridized carbons (Fsp3) is 0.571. The lowest BCUT2D eigenvalue weighted by Gasteiger charge is -2.19. The molecular formula is C14H20N4O3. The molecular weight excluding hydrogens is 272 g/mol. The Bertz CT molecular complexity index is 582. The second-order valence-corrected chi connectivity index (χ2v) is 5.24. The number of aryl methyl sites for hydroxylation is 1. The highest BCUT2D eigenvalue weighted by Gasteiger charge is 2.19. The molecule has 0 aliphatic carbocycles. The maximum Gasteiger partial charge on any atom is 0.251 e. The SMILES string of the molecule is Cc1cc(=O)[nH]c(CNC(=O)CN2CCCCCC2=O)n1. The summed E-state index contributed by atoms with van der Waals surface area (Å²) in [5, 5.41) is 2.68. The quantitative estimate of drug-likeness (QED) is 0.822. The lowest BCUT2D eigenvalue weighted by atomic mass is 10.2. The maximum absolute atomic E-state index is 11.9. The van der Waals surface area contributed by atoms with Gasteiger partial charge in [-0.25, -0.2) is 4.98 Å². The molecule has 0 aromatic carbocycles. The number of hydrogen-bond donors (Lipinski definition) is 2. The molecule has 1 aromatic rings. The molecule has 2 amide bonds. The second kappa shape index (κ2) is 7.01. The Morgan fingerprint density at radius 1 is 1.38 bits per heavy atom. The number of aromatic amines is 1. The van der Waals surface area contributed by atoms with Crippen molar-refractivity contribution in [1.29, 1.82) is 0 Å². The van der Waals surface area contributed by atoms with E-state index < -0.39 is 0 Å². The van der Waals surface area contributed by atoms with Gasteiger partial charge in [0.25, 0.3) is 5.56 Å². The molecule has 0 bridgehead atoms. The van der Waals surface area contributed by atoms with E-state index in [1.807, 2.05) is 0 Å². The highest BCUT2D eigenvalue weighted by Crippen LogP contribution is 2.10. The molecule has 0 unspecified atom stereocenters. The predicted octanol–water partition coefficient (Wildman–Crippen LogP) is 0.0971. The van der Waals surface area contributed by atoms with Gasteiger partial charge in [0.15, 0.2) is 0 Å². The van der Waals surface area contributed by atoms with Gasteiger partial charge in [-0.15, -0.1) is 0 Å². The van der Waals surface area contributed by atoms with Gasteiger partial charge in [-0.2, -0.15) is 0 Å².